The molecule has 1 aromatic carbocycles. The maximum Gasteiger partial charge on any atom is 0.208 e. The van der Waals surface area contributed by atoms with Crippen LogP contribution in [0.15, 0.2) is 30.5 Å². The third-order valence-electron chi connectivity index (χ3n) is 3.19. The maximum absolute atomic E-state index is 9.24. The fourth-order valence-corrected chi connectivity index (χ4v) is 2.21. The van der Waals surface area contributed by atoms with Crippen molar-refractivity contribution in [3.63, 3.8) is 0 Å². The van der Waals surface area contributed by atoms with E-state index < -0.39 is 0 Å². The standard InChI is InChI=1S/C13H16N4O/c18-12-9-15-13(16-12)10-1-3-11(4-2-10)17-7-5-14-6-8-17/h1-4,9,14,18H,5-8H2,(H,15,16). The van der Waals surface area contributed by atoms with Gasteiger partial charge in [0.25, 0.3) is 0 Å². The summed E-state index contributed by atoms with van der Waals surface area (Å²) in [6.07, 6.45) is 1.42. The highest BCUT2D eigenvalue weighted by Gasteiger charge is 2.10. The number of imidazole rings is 1. The zero-order valence-corrected chi connectivity index (χ0v) is 10.1. The molecule has 5 heteroatoms. The van der Waals surface area contributed by atoms with E-state index in [0.717, 1.165) is 31.7 Å². The van der Waals surface area contributed by atoms with Crippen LogP contribution < -0.4 is 10.2 Å². The first kappa shape index (κ1) is 11.1. The van der Waals surface area contributed by atoms with E-state index in [0.29, 0.717) is 5.82 Å². The summed E-state index contributed by atoms with van der Waals surface area (Å²) in [7, 11) is 0. The van der Waals surface area contributed by atoms with Crippen molar-refractivity contribution >= 4 is 5.69 Å². The molecule has 94 valence electrons. The number of benzene rings is 1. The highest BCUT2D eigenvalue weighted by atomic mass is 16.3. The van der Waals surface area contributed by atoms with Gasteiger partial charge >= 0.3 is 0 Å². The third-order valence-corrected chi connectivity index (χ3v) is 3.19. The maximum atomic E-state index is 9.24. The van der Waals surface area contributed by atoms with Crippen molar-refractivity contribution in [3.8, 4) is 17.3 Å². The molecule has 0 saturated carbocycles. The van der Waals surface area contributed by atoms with E-state index in [1.54, 1.807) is 0 Å². The smallest absolute Gasteiger partial charge is 0.208 e. The number of anilines is 1. The van der Waals surface area contributed by atoms with E-state index in [1.807, 2.05) is 12.1 Å². The third kappa shape index (κ3) is 2.17. The number of hydrogen-bond donors (Lipinski definition) is 3. The Kier molecular flexibility index (Phi) is 2.90. The van der Waals surface area contributed by atoms with Crippen LogP contribution in [0, 0.1) is 0 Å². The summed E-state index contributed by atoms with van der Waals surface area (Å²) >= 11 is 0. The Morgan fingerprint density at radius 2 is 1.83 bits per heavy atom. The van der Waals surface area contributed by atoms with Crippen molar-refractivity contribution in [2.24, 2.45) is 0 Å². The van der Waals surface area contributed by atoms with E-state index in [-0.39, 0.29) is 5.88 Å². The monoisotopic (exact) mass is 244 g/mol. The van der Waals surface area contributed by atoms with Crippen LogP contribution in [-0.2, 0) is 0 Å². The number of hydrogen-bond acceptors (Lipinski definition) is 4. The predicted molar refractivity (Wildman–Crippen MR) is 70.8 cm³/mol. The van der Waals surface area contributed by atoms with Gasteiger partial charge in [0.1, 0.15) is 5.82 Å². The molecule has 18 heavy (non-hydrogen) atoms. The molecule has 2 aromatic rings. The molecule has 0 aliphatic carbocycles. The number of H-pyrrole nitrogens is 1. The number of nitrogens with zero attached hydrogens (tertiary/aromatic N) is 2. The number of nitrogens with one attached hydrogen (secondary N) is 2. The van der Waals surface area contributed by atoms with Gasteiger partial charge in [-0.05, 0) is 24.3 Å². The van der Waals surface area contributed by atoms with E-state index in [9.17, 15) is 5.11 Å². The van der Waals surface area contributed by atoms with Gasteiger partial charge in [-0.15, -0.1) is 0 Å². The number of aromatic nitrogens is 2. The largest absolute Gasteiger partial charge is 0.493 e. The second-order valence-corrected chi connectivity index (χ2v) is 4.40. The van der Waals surface area contributed by atoms with Gasteiger partial charge in [0, 0.05) is 37.4 Å². The zero-order chi connectivity index (χ0) is 12.4. The van der Waals surface area contributed by atoms with Crippen LogP contribution in [0.4, 0.5) is 5.69 Å². The molecule has 1 aromatic heterocycles. The Hall–Kier alpha value is -2.01. The Bertz CT molecular complexity index is 514. The van der Waals surface area contributed by atoms with Crippen molar-refractivity contribution in [2.45, 2.75) is 0 Å². The summed E-state index contributed by atoms with van der Waals surface area (Å²) in [4.78, 5) is 9.27. The lowest BCUT2D eigenvalue weighted by atomic mass is 10.1. The Morgan fingerprint density at radius 3 is 2.44 bits per heavy atom. The Morgan fingerprint density at radius 1 is 1.11 bits per heavy atom. The van der Waals surface area contributed by atoms with Crippen LogP contribution in [0.1, 0.15) is 0 Å². The minimum atomic E-state index is 0.0937. The summed E-state index contributed by atoms with van der Waals surface area (Å²) in [6, 6.07) is 8.24. The van der Waals surface area contributed by atoms with E-state index in [4.69, 9.17) is 0 Å². The van der Waals surface area contributed by atoms with Gasteiger partial charge in [-0.3, -0.25) is 0 Å². The molecule has 1 saturated heterocycles. The number of aromatic hydroxyl groups is 1. The first-order valence-electron chi connectivity index (χ1n) is 6.13. The van der Waals surface area contributed by atoms with Crippen LogP contribution in [0.3, 0.4) is 0 Å². The number of aromatic amines is 1. The van der Waals surface area contributed by atoms with E-state index >= 15 is 0 Å². The number of rotatable bonds is 2. The van der Waals surface area contributed by atoms with Crippen LogP contribution in [0.2, 0.25) is 0 Å². The van der Waals surface area contributed by atoms with Gasteiger partial charge in [0.05, 0.1) is 6.20 Å². The lowest BCUT2D eigenvalue weighted by Gasteiger charge is -2.29. The average Bonchev–Trinajstić information content (AvgIpc) is 2.87. The summed E-state index contributed by atoms with van der Waals surface area (Å²) in [6.45, 7) is 4.16. The molecular weight excluding hydrogens is 228 g/mol. The molecule has 0 bridgehead atoms. The quantitative estimate of drug-likeness (QED) is 0.742. The summed E-state index contributed by atoms with van der Waals surface area (Å²) in [5.41, 5.74) is 2.21. The first-order valence-corrected chi connectivity index (χ1v) is 6.13. The lowest BCUT2D eigenvalue weighted by Crippen LogP contribution is -2.43. The lowest BCUT2D eigenvalue weighted by molar-refractivity contribution is 0.457. The van der Waals surface area contributed by atoms with Crippen LogP contribution in [0.5, 0.6) is 5.88 Å². The fourth-order valence-electron chi connectivity index (χ4n) is 2.21. The first-order chi connectivity index (χ1) is 8.83. The Labute approximate surface area is 105 Å². The molecule has 0 unspecified atom stereocenters. The van der Waals surface area contributed by atoms with Gasteiger partial charge in [0.15, 0.2) is 0 Å². The fraction of sp³-hybridized carbons (Fsp3) is 0.308. The highest BCUT2D eigenvalue weighted by molar-refractivity contribution is 5.61. The average molecular weight is 244 g/mol. The molecule has 0 amide bonds. The SMILES string of the molecule is Oc1cnc(-c2ccc(N3CCNCC3)cc2)[nH]1. The molecule has 1 aliphatic rings. The second kappa shape index (κ2) is 4.70. The molecule has 1 aliphatic heterocycles. The van der Waals surface area contributed by atoms with Crippen LogP contribution in [-0.4, -0.2) is 41.3 Å². The highest BCUT2D eigenvalue weighted by Crippen LogP contribution is 2.22. The van der Waals surface area contributed by atoms with Crippen LogP contribution in [0.25, 0.3) is 11.4 Å². The molecule has 0 spiro atoms. The molecular formula is C13H16N4O. The summed E-state index contributed by atoms with van der Waals surface area (Å²) < 4.78 is 0. The molecule has 0 atom stereocenters. The number of piperazine rings is 1. The van der Waals surface area contributed by atoms with Crippen molar-refractivity contribution in [3.05, 3.63) is 30.5 Å². The summed E-state index contributed by atoms with van der Waals surface area (Å²) in [5, 5.41) is 12.6. The Balaban J connectivity index is 1.80. The molecule has 0 radical (unpaired) electrons. The minimum Gasteiger partial charge on any atom is -0.493 e. The molecule has 3 N–H and O–H groups in total. The normalized spacial score (nSPS) is 15.9. The van der Waals surface area contributed by atoms with Crippen molar-refractivity contribution in [2.75, 3.05) is 31.1 Å². The second-order valence-electron chi connectivity index (χ2n) is 4.40. The van der Waals surface area contributed by atoms with Gasteiger partial charge in [-0.1, -0.05) is 0 Å². The van der Waals surface area contributed by atoms with Crippen molar-refractivity contribution in [1.29, 1.82) is 0 Å². The zero-order valence-electron chi connectivity index (χ0n) is 10.1. The van der Waals surface area contributed by atoms with Crippen molar-refractivity contribution < 1.29 is 5.11 Å². The molecule has 5 nitrogen and oxygen atoms in total. The molecule has 3 rings (SSSR count). The topological polar surface area (TPSA) is 64.2 Å². The molecule has 2 heterocycles. The molecule has 1 fully saturated rings. The van der Waals surface area contributed by atoms with Crippen molar-refractivity contribution in [1.82, 2.24) is 15.3 Å². The van der Waals surface area contributed by atoms with Gasteiger partial charge < -0.3 is 20.3 Å². The van der Waals surface area contributed by atoms with E-state index in [2.05, 4.69) is 32.3 Å². The van der Waals surface area contributed by atoms with Crippen LogP contribution >= 0.6 is 0 Å². The van der Waals surface area contributed by atoms with E-state index in [1.165, 1.54) is 11.9 Å². The van der Waals surface area contributed by atoms with Gasteiger partial charge in [-0.2, -0.15) is 0 Å². The minimum absolute atomic E-state index is 0.0937. The van der Waals surface area contributed by atoms with Gasteiger partial charge in [0.2, 0.25) is 5.88 Å². The van der Waals surface area contributed by atoms with Gasteiger partial charge in [-0.25, -0.2) is 4.98 Å². The predicted octanol–water partition coefficient (Wildman–Crippen LogP) is 1.19. The summed E-state index contributed by atoms with van der Waals surface area (Å²) in [5.74, 6) is 0.788.